The molecule has 0 saturated carbocycles. The average molecular weight is 307 g/mol. The van der Waals surface area contributed by atoms with E-state index in [2.05, 4.69) is 31.1 Å². The highest BCUT2D eigenvalue weighted by molar-refractivity contribution is 7.18. The molecule has 0 aliphatic heterocycles. The van der Waals surface area contributed by atoms with Gasteiger partial charge in [-0.15, -0.1) is 11.3 Å². The number of rotatable bonds is 4. The summed E-state index contributed by atoms with van der Waals surface area (Å²) in [6.45, 7) is 6.61. The van der Waals surface area contributed by atoms with Gasteiger partial charge in [0.15, 0.2) is 0 Å². The number of hydrogen-bond donors (Lipinski definition) is 2. The van der Waals surface area contributed by atoms with Crippen LogP contribution in [0.1, 0.15) is 25.8 Å². The fourth-order valence-electron chi connectivity index (χ4n) is 1.81. The number of anilines is 1. The predicted octanol–water partition coefficient (Wildman–Crippen LogP) is 2.51. The van der Waals surface area contributed by atoms with Gasteiger partial charge in [-0.05, 0) is 18.2 Å². The van der Waals surface area contributed by atoms with Gasteiger partial charge in [-0.3, -0.25) is 4.79 Å². The zero-order valence-corrected chi connectivity index (χ0v) is 13.6. The standard InChI is InChI=1S/C15H21N3O2S/c1-15(2,3)14-18-11-6-5-9(7-12(11)21-14)17-13(19)10(16)8-20-4/h5-7,10H,8,16H2,1-4H3,(H,17,19). The van der Waals surface area contributed by atoms with Crippen LogP contribution < -0.4 is 11.1 Å². The van der Waals surface area contributed by atoms with E-state index in [0.29, 0.717) is 0 Å². The fourth-order valence-corrected chi connectivity index (χ4v) is 2.88. The zero-order chi connectivity index (χ0) is 15.6. The molecule has 1 atom stereocenters. The van der Waals surface area contributed by atoms with E-state index < -0.39 is 6.04 Å². The Bertz CT molecular complexity index is 646. The number of ether oxygens (including phenoxy) is 1. The Hall–Kier alpha value is -1.50. The van der Waals surface area contributed by atoms with Crippen LogP contribution in [0.15, 0.2) is 18.2 Å². The number of fused-ring (bicyclic) bond motifs is 1. The summed E-state index contributed by atoms with van der Waals surface area (Å²) >= 11 is 1.65. The number of hydrogen-bond acceptors (Lipinski definition) is 5. The minimum absolute atomic E-state index is 0.0217. The predicted molar refractivity (Wildman–Crippen MR) is 86.8 cm³/mol. The topological polar surface area (TPSA) is 77.2 Å². The molecule has 0 saturated heterocycles. The van der Waals surface area contributed by atoms with Gasteiger partial charge < -0.3 is 15.8 Å². The van der Waals surface area contributed by atoms with Crippen molar-refractivity contribution in [2.75, 3.05) is 19.0 Å². The van der Waals surface area contributed by atoms with Gasteiger partial charge in [0.2, 0.25) is 5.91 Å². The number of carbonyl (C=O) groups excluding carboxylic acids is 1. The third-order valence-corrected chi connectivity index (χ3v) is 4.42. The van der Waals surface area contributed by atoms with Crippen LogP contribution in [0, 0.1) is 0 Å². The highest BCUT2D eigenvalue weighted by Gasteiger charge is 2.19. The molecule has 21 heavy (non-hydrogen) atoms. The molecule has 0 aliphatic carbocycles. The molecule has 0 bridgehead atoms. The maximum atomic E-state index is 11.9. The van der Waals surface area contributed by atoms with Crippen LogP contribution in [0.5, 0.6) is 0 Å². The summed E-state index contributed by atoms with van der Waals surface area (Å²) in [4.78, 5) is 16.5. The molecular weight excluding hydrogens is 286 g/mol. The van der Waals surface area contributed by atoms with Crippen molar-refractivity contribution in [1.82, 2.24) is 4.98 Å². The highest BCUT2D eigenvalue weighted by Crippen LogP contribution is 2.32. The Kier molecular flexibility index (Phi) is 4.61. The van der Waals surface area contributed by atoms with Crippen molar-refractivity contribution in [3.8, 4) is 0 Å². The van der Waals surface area contributed by atoms with Crippen LogP contribution >= 0.6 is 11.3 Å². The second kappa shape index (κ2) is 6.09. The summed E-state index contributed by atoms with van der Waals surface area (Å²) in [7, 11) is 1.52. The number of nitrogens with zero attached hydrogens (tertiary/aromatic N) is 1. The zero-order valence-electron chi connectivity index (χ0n) is 12.8. The molecule has 2 aromatic rings. The summed E-state index contributed by atoms with van der Waals surface area (Å²) in [6, 6.07) is 5.02. The van der Waals surface area contributed by atoms with Gasteiger partial charge >= 0.3 is 0 Å². The summed E-state index contributed by atoms with van der Waals surface area (Å²) in [5, 5.41) is 3.88. The lowest BCUT2D eigenvalue weighted by molar-refractivity contribution is -0.118. The number of nitrogens with one attached hydrogen (secondary N) is 1. The minimum Gasteiger partial charge on any atom is -0.383 e. The second-order valence-corrected chi connectivity index (χ2v) is 7.03. The number of nitrogens with two attached hydrogens (primary N) is 1. The fraction of sp³-hybridized carbons (Fsp3) is 0.467. The number of methoxy groups -OCH3 is 1. The van der Waals surface area contributed by atoms with Gasteiger partial charge in [0.25, 0.3) is 0 Å². The monoisotopic (exact) mass is 307 g/mol. The summed E-state index contributed by atoms with van der Waals surface area (Å²) in [5.41, 5.74) is 7.40. The first kappa shape index (κ1) is 15.9. The number of carbonyl (C=O) groups is 1. The lowest BCUT2D eigenvalue weighted by Gasteiger charge is -2.13. The molecule has 0 fully saturated rings. The van der Waals surface area contributed by atoms with E-state index in [0.717, 1.165) is 20.9 Å². The second-order valence-electron chi connectivity index (χ2n) is 6.00. The van der Waals surface area contributed by atoms with E-state index >= 15 is 0 Å². The molecule has 0 spiro atoms. The first-order chi connectivity index (χ1) is 9.81. The van der Waals surface area contributed by atoms with E-state index in [-0.39, 0.29) is 17.9 Å². The van der Waals surface area contributed by atoms with Crippen molar-refractivity contribution in [3.63, 3.8) is 0 Å². The lowest BCUT2D eigenvalue weighted by atomic mass is 9.98. The molecule has 0 aliphatic rings. The van der Waals surface area contributed by atoms with Gasteiger partial charge in [-0.2, -0.15) is 0 Å². The summed E-state index contributed by atoms with van der Waals surface area (Å²) < 4.78 is 5.93. The number of aromatic nitrogens is 1. The van der Waals surface area contributed by atoms with Gasteiger partial charge in [-0.1, -0.05) is 20.8 Å². The SMILES string of the molecule is COCC(N)C(=O)Nc1ccc2nc(C(C)(C)C)sc2c1. The molecule has 1 aromatic carbocycles. The third-order valence-electron chi connectivity index (χ3n) is 2.98. The van der Waals surface area contributed by atoms with E-state index in [9.17, 15) is 4.79 Å². The maximum Gasteiger partial charge on any atom is 0.243 e. The Morgan fingerprint density at radius 2 is 2.19 bits per heavy atom. The van der Waals surface area contributed by atoms with Crippen LogP contribution in [0.4, 0.5) is 5.69 Å². The van der Waals surface area contributed by atoms with Crippen LogP contribution in [0.3, 0.4) is 0 Å². The van der Waals surface area contributed by atoms with Crippen molar-refractivity contribution in [2.24, 2.45) is 5.73 Å². The normalized spacial score (nSPS) is 13.4. The molecule has 1 aromatic heterocycles. The Morgan fingerprint density at radius 1 is 1.48 bits per heavy atom. The van der Waals surface area contributed by atoms with E-state index in [4.69, 9.17) is 10.5 Å². The van der Waals surface area contributed by atoms with Crippen molar-refractivity contribution in [3.05, 3.63) is 23.2 Å². The van der Waals surface area contributed by atoms with Crippen LogP contribution in [0.25, 0.3) is 10.2 Å². The molecule has 0 radical (unpaired) electrons. The quantitative estimate of drug-likeness (QED) is 0.910. The molecule has 1 unspecified atom stereocenters. The Labute approximate surface area is 128 Å². The molecule has 1 heterocycles. The average Bonchev–Trinajstić information content (AvgIpc) is 2.82. The highest BCUT2D eigenvalue weighted by atomic mass is 32.1. The molecule has 5 nitrogen and oxygen atoms in total. The van der Waals surface area contributed by atoms with Gasteiger partial charge in [0.1, 0.15) is 6.04 Å². The lowest BCUT2D eigenvalue weighted by Crippen LogP contribution is -2.39. The van der Waals surface area contributed by atoms with E-state index in [1.54, 1.807) is 11.3 Å². The number of amides is 1. The smallest absolute Gasteiger partial charge is 0.243 e. The largest absolute Gasteiger partial charge is 0.383 e. The number of thiazole rings is 1. The molecule has 1 amide bonds. The molecule has 2 rings (SSSR count). The van der Waals surface area contributed by atoms with Gasteiger partial charge in [0, 0.05) is 18.2 Å². The third kappa shape index (κ3) is 3.78. The van der Waals surface area contributed by atoms with Gasteiger partial charge in [0.05, 0.1) is 21.8 Å². The van der Waals surface area contributed by atoms with Crippen LogP contribution in [-0.2, 0) is 14.9 Å². The molecular formula is C15H21N3O2S. The maximum absolute atomic E-state index is 11.9. The van der Waals surface area contributed by atoms with Gasteiger partial charge in [-0.25, -0.2) is 4.98 Å². The Balaban J connectivity index is 2.21. The Morgan fingerprint density at radius 3 is 2.81 bits per heavy atom. The summed E-state index contributed by atoms with van der Waals surface area (Å²) in [5.74, 6) is -0.253. The van der Waals surface area contributed by atoms with Crippen molar-refractivity contribution < 1.29 is 9.53 Å². The van der Waals surface area contributed by atoms with E-state index in [1.165, 1.54) is 7.11 Å². The summed E-state index contributed by atoms with van der Waals surface area (Å²) in [6.07, 6.45) is 0. The first-order valence-electron chi connectivity index (χ1n) is 6.77. The van der Waals surface area contributed by atoms with Crippen LogP contribution in [0.2, 0.25) is 0 Å². The minimum atomic E-state index is -0.669. The first-order valence-corrected chi connectivity index (χ1v) is 7.59. The molecule has 114 valence electrons. The van der Waals surface area contributed by atoms with Crippen molar-refractivity contribution in [2.45, 2.75) is 32.2 Å². The van der Waals surface area contributed by atoms with E-state index in [1.807, 2.05) is 18.2 Å². The van der Waals surface area contributed by atoms with Crippen LogP contribution in [-0.4, -0.2) is 30.6 Å². The number of benzene rings is 1. The molecule has 3 N–H and O–H groups in total. The van der Waals surface area contributed by atoms with Crippen molar-refractivity contribution >= 4 is 33.1 Å². The van der Waals surface area contributed by atoms with Crippen molar-refractivity contribution in [1.29, 1.82) is 0 Å². The molecule has 6 heteroatoms.